The van der Waals surface area contributed by atoms with E-state index >= 15 is 0 Å². The zero-order chi connectivity index (χ0) is 9.97. The Labute approximate surface area is 86.3 Å². The first kappa shape index (κ1) is 9.78. The third-order valence-electron chi connectivity index (χ3n) is 3.21. The summed E-state index contributed by atoms with van der Waals surface area (Å²) in [4.78, 5) is 0. The van der Waals surface area contributed by atoms with Crippen LogP contribution < -0.4 is 5.32 Å². The van der Waals surface area contributed by atoms with Gasteiger partial charge in [0.25, 0.3) is 0 Å². The van der Waals surface area contributed by atoms with Crippen molar-refractivity contribution in [2.75, 3.05) is 13.1 Å². The molecule has 0 saturated carbocycles. The Hall–Kier alpha value is -0.760. The van der Waals surface area contributed by atoms with Gasteiger partial charge in [-0.2, -0.15) is 0 Å². The molecule has 1 N–H and O–H groups in total. The van der Waals surface area contributed by atoms with E-state index in [4.69, 9.17) is 0 Å². The van der Waals surface area contributed by atoms with Crippen molar-refractivity contribution in [3.8, 4) is 0 Å². The quantitative estimate of drug-likeness (QED) is 0.723. The van der Waals surface area contributed by atoms with Crippen LogP contribution in [0.1, 0.15) is 36.7 Å². The van der Waals surface area contributed by atoms with Gasteiger partial charge in [0.15, 0.2) is 0 Å². The Morgan fingerprint density at radius 2 is 1.93 bits per heavy atom. The van der Waals surface area contributed by atoms with Gasteiger partial charge < -0.3 is 9.88 Å². The fourth-order valence-electron chi connectivity index (χ4n) is 2.48. The molecular weight excluding hydrogens is 172 g/mol. The van der Waals surface area contributed by atoms with Crippen LogP contribution in [0.15, 0.2) is 12.1 Å². The van der Waals surface area contributed by atoms with E-state index in [2.05, 4.69) is 35.9 Å². The molecule has 0 amide bonds. The Morgan fingerprint density at radius 3 is 2.64 bits per heavy atom. The van der Waals surface area contributed by atoms with E-state index in [0.29, 0.717) is 6.04 Å². The van der Waals surface area contributed by atoms with Crippen molar-refractivity contribution in [1.82, 2.24) is 9.88 Å². The van der Waals surface area contributed by atoms with Crippen LogP contribution in [0.5, 0.6) is 0 Å². The average molecular weight is 192 g/mol. The minimum atomic E-state index is 0.674. The molecule has 1 unspecified atom stereocenters. The summed E-state index contributed by atoms with van der Waals surface area (Å²) in [5.41, 5.74) is 2.80. The number of aryl methyl sites for hydroxylation is 2. The van der Waals surface area contributed by atoms with Gasteiger partial charge in [-0.15, -0.1) is 0 Å². The molecule has 2 rings (SSSR count). The van der Waals surface area contributed by atoms with Gasteiger partial charge in [0.05, 0.1) is 0 Å². The molecule has 2 heterocycles. The van der Waals surface area contributed by atoms with E-state index in [1.54, 1.807) is 0 Å². The van der Waals surface area contributed by atoms with Crippen LogP contribution >= 0.6 is 0 Å². The molecule has 14 heavy (non-hydrogen) atoms. The average Bonchev–Trinajstić information content (AvgIpc) is 2.45. The molecule has 78 valence electrons. The van der Waals surface area contributed by atoms with Crippen LogP contribution in [0.4, 0.5) is 0 Å². The van der Waals surface area contributed by atoms with Crippen LogP contribution in [-0.4, -0.2) is 17.7 Å². The Kier molecular flexibility index (Phi) is 2.92. The maximum absolute atomic E-state index is 3.52. The standard InChI is InChI=1S/C12H20N2/c1-10-6-7-11(2)14(10)12-5-3-4-8-13-9-12/h6-7,12-13H,3-5,8-9H2,1-2H3. The molecule has 2 heteroatoms. The lowest BCUT2D eigenvalue weighted by molar-refractivity contribution is 0.448. The molecular formula is C12H20N2. The summed E-state index contributed by atoms with van der Waals surface area (Å²) >= 11 is 0. The van der Waals surface area contributed by atoms with Crippen LogP contribution in [0.3, 0.4) is 0 Å². The van der Waals surface area contributed by atoms with Gasteiger partial charge in [-0.1, -0.05) is 6.42 Å². The summed E-state index contributed by atoms with van der Waals surface area (Å²) in [6.45, 7) is 6.74. The fraction of sp³-hybridized carbons (Fsp3) is 0.667. The third-order valence-corrected chi connectivity index (χ3v) is 3.21. The number of hydrogen-bond acceptors (Lipinski definition) is 1. The highest BCUT2D eigenvalue weighted by Gasteiger charge is 2.15. The van der Waals surface area contributed by atoms with Crippen LogP contribution in [0.25, 0.3) is 0 Å². The molecule has 1 aliphatic heterocycles. The van der Waals surface area contributed by atoms with E-state index in [9.17, 15) is 0 Å². The lowest BCUT2D eigenvalue weighted by Gasteiger charge is -2.20. The second-order valence-electron chi connectivity index (χ2n) is 4.34. The van der Waals surface area contributed by atoms with E-state index in [0.717, 1.165) is 6.54 Å². The zero-order valence-electron chi connectivity index (χ0n) is 9.21. The Morgan fingerprint density at radius 1 is 1.21 bits per heavy atom. The first-order valence-electron chi connectivity index (χ1n) is 5.64. The topological polar surface area (TPSA) is 17.0 Å². The Bertz CT molecular complexity index is 274. The van der Waals surface area contributed by atoms with Gasteiger partial charge >= 0.3 is 0 Å². The third kappa shape index (κ3) is 1.85. The van der Waals surface area contributed by atoms with Crippen molar-refractivity contribution in [1.29, 1.82) is 0 Å². The molecule has 0 radical (unpaired) electrons. The van der Waals surface area contributed by atoms with E-state index in [1.165, 1.54) is 37.2 Å². The molecule has 1 aliphatic rings. The highest BCUT2D eigenvalue weighted by atomic mass is 15.1. The maximum Gasteiger partial charge on any atom is 0.0460 e. The normalized spacial score (nSPS) is 23.4. The number of rotatable bonds is 1. The minimum Gasteiger partial charge on any atom is -0.345 e. The summed E-state index contributed by atoms with van der Waals surface area (Å²) in [5, 5.41) is 3.52. The first-order valence-corrected chi connectivity index (χ1v) is 5.64. The molecule has 1 atom stereocenters. The number of aromatic nitrogens is 1. The molecule has 0 bridgehead atoms. The van der Waals surface area contributed by atoms with E-state index in [1.807, 2.05) is 0 Å². The largest absolute Gasteiger partial charge is 0.345 e. The van der Waals surface area contributed by atoms with Crippen molar-refractivity contribution >= 4 is 0 Å². The van der Waals surface area contributed by atoms with Crippen LogP contribution in [0.2, 0.25) is 0 Å². The van der Waals surface area contributed by atoms with Gasteiger partial charge in [-0.3, -0.25) is 0 Å². The van der Waals surface area contributed by atoms with Crippen molar-refractivity contribution in [2.24, 2.45) is 0 Å². The fourth-order valence-corrected chi connectivity index (χ4v) is 2.48. The molecule has 1 saturated heterocycles. The van der Waals surface area contributed by atoms with E-state index in [-0.39, 0.29) is 0 Å². The number of nitrogens with one attached hydrogen (secondary N) is 1. The molecule has 1 aromatic heterocycles. The monoisotopic (exact) mass is 192 g/mol. The van der Waals surface area contributed by atoms with Gasteiger partial charge in [0, 0.05) is 24.0 Å². The highest BCUT2D eigenvalue weighted by Crippen LogP contribution is 2.21. The summed E-state index contributed by atoms with van der Waals surface area (Å²) in [7, 11) is 0. The first-order chi connectivity index (χ1) is 6.79. The van der Waals surface area contributed by atoms with Crippen molar-refractivity contribution in [2.45, 2.75) is 39.2 Å². The predicted octanol–water partition coefficient (Wildman–Crippen LogP) is 2.42. The highest BCUT2D eigenvalue weighted by molar-refractivity contribution is 5.15. The van der Waals surface area contributed by atoms with Gasteiger partial charge in [0.1, 0.15) is 0 Å². The molecule has 0 aromatic carbocycles. The molecule has 0 spiro atoms. The SMILES string of the molecule is Cc1ccc(C)n1C1CCCCNC1. The number of hydrogen-bond donors (Lipinski definition) is 1. The minimum absolute atomic E-state index is 0.674. The second-order valence-corrected chi connectivity index (χ2v) is 4.34. The summed E-state index contributed by atoms with van der Waals surface area (Å²) in [5.74, 6) is 0. The molecule has 1 fully saturated rings. The molecule has 0 aliphatic carbocycles. The van der Waals surface area contributed by atoms with Crippen molar-refractivity contribution in [3.05, 3.63) is 23.5 Å². The van der Waals surface area contributed by atoms with Crippen LogP contribution in [0, 0.1) is 13.8 Å². The Balaban J connectivity index is 2.19. The number of nitrogens with zero attached hydrogens (tertiary/aromatic N) is 1. The van der Waals surface area contributed by atoms with Gasteiger partial charge in [0.2, 0.25) is 0 Å². The molecule has 1 aromatic rings. The summed E-state index contributed by atoms with van der Waals surface area (Å²) < 4.78 is 2.48. The summed E-state index contributed by atoms with van der Waals surface area (Å²) in [6, 6.07) is 5.12. The van der Waals surface area contributed by atoms with E-state index < -0.39 is 0 Å². The predicted molar refractivity (Wildman–Crippen MR) is 59.7 cm³/mol. The molecule has 2 nitrogen and oxygen atoms in total. The van der Waals surface area contributed by atoms with Crippen molar-refractivity contribution < 1.29 is 0 Å². The lowest BCUT2D eigenvalue weighted by atomic mass is 10.1. The smallest absolute Gasteiger partial charge is 0.0460 e. The zero-order valence-corrected chi connectivity index (χ0v) is 9.21. The van der Waals surface area contributed by atoms with Gasteiger partial charge in [-0.25, -0.2) is 0 Å². The van der Waals surface area contributed by atoms with Gasteiger partial charge in [-0.05, 0) is 45.4 Å². The lowest BCUT2D eigenvalue weighted by Crippen LogP contribution is -2.24. The van der Waals surface area contributed by atoms with Crippen molar-refractivity contribution in [3.63, 3.8) is 0 Å². The second kappa shape index (κ2) is 4.18. The maximum atomic E-state index is 3.52. The van der Waals surface area contributed by atoms with Crippen LogP contribution in [-0.2, 0) is 0 Å². The summed E-state index contributed by atoms with van der Waals surface area (Å²) in [6.07, 6.45) is 4.01.